The molecule has 280 valence electrons. The van der Waals surface area contributed by atoms with Gasteiger partial charge in [-0.15, -0.1) is 0 Å². The average molecular weight is 670 g/mol. The van der Waals surface area contributed by atoms with Crippen molar-refractivity contribution in [2.24, 2.45) is 0 Å². The van der Waals surface area contributed by atoms with E-state index in [4.69, 9.17) is 4.74 Å². The lowest BCUT2D eigenvalue weighted by Gasteiger charge is -2.18. The molecule has 0 aromatic carbocycles. The molecule has 0 fully saturated rings. The van der Waals surface area contributed by atoms with Crippen molar-refractivity contribution in [3.8, 4) is 0 Å². The van der Waals surface area contributed by atoms with Crippen LogP contribution in [0.4, 0.5) is 0 Å². The highest BCUT2D eigenvalue weighted by molar-refractivity contribution is 5.69. The minimum Gasteiger partial charge on any atom is -0.462 e. The summed E-state index contributed by atoms with van der Waals surface area (Å²) in [7, 11) is 4.22. The monoisotopic (exact) mass is 670 g/mol. The van der Waals surface area contributed by atoms with Crippen LogP contribution in [0, 0.1) is 0 Å². The van der Waals surface area contributed by atoms with Crippen LogP contribution in [0.2, 0.25) is 0 Å². The molecule has 0 aliphatic rings. The number of allylic oxidation sites excluding steroid dienone is 8. The van der Waals surface area contributed by atoms with Crippen LogP contribution in [-0.4, -0.2) is 37.6 Å². The molecule has 0 N–H and O–H groups in total. The molecule has 3 heteroatoms. The molecule has 0 saturated heterocycles. The third-order valence-electron chi connectivity index (χ3n) is 9.24. The first-order valence-electron chi connectivity index (χ1n) is 21.0. The van der Waals surface area contributed by atoms with E-state index in [2.05, 4.69) is 81.5 Å². The van der Waals surface area contributed by atoms with Gasteiger partial charge >= 0.3 is 5.97 Å². The first-order chi connectivity index (χ1) is 23.6. The van der Waals surface area contributed by atoms with E-state index in [1.54, 1.807) is 0 Å². The van der Waals surface area contributed by atoms with Crippen LogP contribution < -0.4 is 0 Å². The number of hydrogen-bond donors (Lipinski definition) is 0. The quantitative estimate of drug-likeness (QED) is 0.0374. The second-order valence-electron chi connectivity index (χ2n) is 14.5. The fourth-order valence-corrected chi connectivity index (χ4v) is 6.10. The van der Waals surface area contributed by atoms with Crippen molar-refractivity contribution in [3.63, 3.8) is 0 Å². The first kappa shape index (κ1) is 46.4. The van der Waals surface area contributed by atoms with Gasteiger partial charge in [0, 0.05) is 6.42 Å². The van der Waals surface area contributed by atoms with Gasteiger partial charge in [0.25, 0.3) is 0 Å². The summed E-state index contributed by atoms with van der Waals surface area (Å²) in [5, 5.41) is 0. The second kappa shape index (κ2) is 39.8. The fraction of sp³-hybridized carbons (Fsp3) is 0.800. The van der Waals surface area contributed by atoms with E-state index < -0.39 is 0 Å². The lowest BCUT2D eigenvalue weighted by atomic mass is 10.0. The topological polar surface area (TPSA) is 29.5 Å². The highest BCUT2D eigenvalue weighted by atomic mass is 16.5. The number of esters is 1. The summed E-state index contributed by atoms with van der Waals surface area (Å²) in [5.74, 6) is 0.0323. The standard InChI is InChI=1S/C45H83NO2/c1-5-7-9-11-13-15-17-19-21-23-25-27-29-31-33-36-40-44(48-45(47)42-38-35-39-43-46(3)4)41-37-34-32-30-28-26-24-22-20-18-16-14-12-10-8-6-2/h13-16,19-22,44H,5-12,17-18,23-43H2,1-4H3. The van der Waals surface area contributed by atoms with Crippen molar-refractivity contribution < 1.29 is 9.53 Å². The molecule has 0 spiro atoms. The van der Waals surface area contributed by atoms with E-state index in [9.17, 15) is 4.79 Å². The maximum absolute atomic E-state index is 12.6. The van der Waals surface area contributed by atoms with Gasteiger partial charge in [-0.25, -0.2) is 0 Å². The largest absolute Gasteiger partial charge is 0.462 e. The number of carbonyl (C=O) groups is 1. The van der Waals surface area contributed by atoms with Crippen LogP contribution in [0.3, 0.4) is 0 Å². The molecule has 0 heterocycles. The third-order valence-corrected chi connectivity index (χ3v) is 9.24. The lowest BCUT2D eigenvalue weighted by molar-refractivity contribution is -0.150. The fourth-order valence-electron chi connectivity index (χ4n) is 6.10. The Morgan fingerprint density at radius 2 is 0.854 bits per heavy atom. The summed E-state index contributed by atoms with van der Waals surface area (Å²) >= 11 is 0. The van der Waals surface area contributed by atoms with E-state index in [0.717, 1.165) is 51.5 Å². The molecule has 3 nitrogen and oxygen atoms in total. The van der Waals surface area contributed by atoms with Gasteiger partial charge in [0.15, 0.2) is 0 Å². The van der Waals surface area contributed by atoms with E-state index in [1.165, 1.54) is 141 Å². The molecule has 0 aliphatic heterocycles. The van der Waals surface area contributed by atoms with Crippen LogP contribution in [0.5, 0.6) is 0 Å². The van der Waals surface area contributed by atoms with Crippen LogP contribution in [0.25, 0.3) is 0 Å². The molecule has 0 saturated carbocycles. The van der Waals surface area contributed by atoms with E-state index in [-0.39, 0.29) is 12.1 Å². The van der Waals surface area contributed by atoms with Crippen LogP contribution in [-0.2, 0) is 9.53 Å². The van der Waals surface area contributed by atoms with Gasteiger partial charge in [-0.3, -0.25) is 4.79 Å². The number of hydrogen-bond acceptors (Lipinski definition) is 3. The van der Waals surface area contributed by atoms with E-state index in [1.807, 2.05) is 0 Å². The predicted molar refractivity (Wildman–Crippen MR) is 215 cm³/mol. The smallest absolute Gasteiger partial charge is 0.306 e. The molecule has 0 radical (unpaired) electrons. The van der Waals surface area contributed by atoms with Crippen molar-refractivity contribution >= 4 is 5.97 Å². The molecular formula is C45H83NO2. The van der Waals surface area contributed by atoms with Gasteiger partial charge in [-0.2, -0.15) is 0 Å². The Bertz CT molecular complexity index is 717. The molecule has 0 unspecified atom stereocenters. The molecule has 48 heavy (non-hydrogen) atoms. The zero-order valence-electron chi connectivity index (χ0n) is 32.9. The average Bonchev–Trinajstić information content (AvgIpc) is 3.07. The molecule has 0 aromatic heterocycles. The van der Waals surface area contributed by atoms with Crippen LogP contribution in [0.1, 0.15) is 206 Å². The summed E-state index contributed by atoms with van der Waals surface area (Å²) in [6, 6.07) is 0. The highest BCUT2D eigenvalue weighted by Gasteiger charge is 2.14. The van der Waals surface area contributed by atoms with Gasteiger partial charge in [0.05, 0.1) is 0 Å². The molecule has 0 aromatic rings. The summed E-state index contributed by atoms with van der Waals surface area (Å²) in [6.45, 7) is 5.62. The zero-order chi connectivity index (χ0) is 35.0. The Morgan fingerprint density at radius 3 is 1.27 bits per heavy atom. The summed E-state index contributed by atoms with van der Waals surface area (Å²) in [4.78, 5) is 14.9. The Hall–Kier alpha value is -1.61. The minimum atomic E-state index is 0.0323. The SMILES string of the molecule is CCCCCC=CCC=CCCCCCCCCC(CCCCCCCCC=CCC=CCCCCC)OC(=O)CCCCCN(C)C. The van der Waals surface area contributed by atoms with Crippen molar-refractivity contribution in [2.75, 3.05) is 20.6 Å². The van der Waals surface area contributed by atoms with Crippen LogP contribution >= 0.6 is 0 Å². The molecule has 0 atom stereocenters. The zero-order valence-corrected chi connectivity index (χ0v) is 32.9. The van der Waals surface area contributed by atoms with Gasteiger partial charge in [0.2, 0.25) is 0 Å². The molecule has 0 bridgehead atoms. The number of rotatable bonds is 37. The molecule has 0 rings (SSSR count). The Balaban J connectivity index is 4.10. The van der Waals surface area contributed by atoms with Gasteiger partial charge in [-0.05, 0) is 123 Å². The maximum atomic E-state index is 12.6. The normalized spacial score (nSPS) is 12.9. The number of carbonyl (C=O) groups excluding carboxylic acids is 1. The Morgan fingerprint density at radius 1 is 0.479 bits per heavy atom. The molecule has 0 amide bonds. The van der Waals surface area contributed by atoms with Crippen LogP contribution in [0.15, 0.2) is 48.6 Å². The number of nitrogens with zero attached hydrogens (tertiary/aromatic N) is 1. The number of unbranched alkanes of at least 4 members (excludes halogenated alkanes) is 20. The van der Waals surface area contributed by atoms with Gasteiger partial charge < -0.3 is 9.64 Å². The van der Waals surface area contributed by atoms with Gasteiger partial charge in [0.1, 0.15) is 6.10 Å². The van der Waals surface area contributed by atoms with Crippen molar-refractivity contribution in [2.45, 2.75) is 213 Å². The Kier molecular flexibility index (Phi) is 38.5. The van der Waals surface area contributed by atoms with E-state index >= 15 is 0 Å². The summed E-state index contributed by atoms with van der Waals surface area (Å²) in [6.07, 6.45) is 55.2. The number of ether oxygens (including phenoxy) is 1. The van der Waals surface area contributed by atoms with Gasteiger partial charge in [-0.1, -0.05) is 146 Å². The highest BCUT2D eigenvalue weighted by Crippen LogP contribution is 2.18. The van der Waals surface area contributed by atoms with Crippen molar-refractivity contribution in [1.29, 1.82) is 0 Å². The summed E-state index contributed by atoms with van der Waals surface area (Å²) < 4.78 is 6.05. The maximum Gasteiger partial charge on any atom is 0.306 e. The van der Waals surface area contributed by atoms with E-state index in [0.29, 0.717) is 6.42 Å². The molecule has 0 aliphatic carbocycles. The van der Waals surface area contributed by atoms with Crippen molar-refractivity contribution in [1.82, 2.24) is 4.90 Å². The Labute approximate surface area is 301 Å². The summed E-state index contributed by atoms with van der Waals surface area (Å²) in [5.41, 5.74) is 0. The predicted octanol–water partition coefficient (Wildman–Crippen LogP) is 14.4. The third kappa shape index (κ3) is 38.8. The first-order valence-corrected chi connectivity index (χ1v) is 21.0. The van der Waals surface area contributed by atoms with Crippen molar-refractivity contribution in [3.05, 3.63) is 48.6 Å². The molecular weight excluding hydrogens is 587 g/mol. The minimum absolute atomic E-state index is 0.0323. The second-order valence-corrected chi connectivity index (χ2v) is 14.5. The lowest BCUT2D eigenvalue weighted by Crippen LogP contribution is -2.18.